The van der Waals surface area contributed by atoms with Crippen LogP contribution < -0.4 is 5.32 Å². The van der Waals surface area contributed by atoms with Gasteiger partial charge in [0.25, 0.3) is 5.91 Å². The van der Waals surface area contributed by atoms with Gasteiger partial charge in [0.05, 0.1) is 24.0 Å². The van der Waals surface area contributed by atoms with E-state index in [1.54, 1.807) is 4.68 Å². The summed E-state index contributed by atoms with van der Waals surface area (Å²) >= 11 is 7.72. The van der Waals surface area contributed by atoms with Crippen LogP contribution in [0.3, 0.4) is 0 Å². The van der Waals surface area contributed by atoms with Gasteiger partial charge in [0.2, 0.25) is 0 Å². The van der Waals surface area contributed by atoms with Gasteiger partial charge in [0.15, 0.2) is 5.13 Å². The lowest BCUT2D eigenvalue weighted by molar-refractivity contribution is 0.102. The largest absolute Gasteiger partial charge is 0.298 e. The molecule has 0 spiro atoms. The van der Waals surface area contributed by atoms with Crippen LogP contribution in [0.15, 0.2) is 54.0 Å². The second-order valence-electron chi connectivity index (χ2n) is 6.66. The average Bonchev–Trinajstić information content (AvgIpc) is 3.29. The number of aromatic nitrogens is 4. The highest BCUT2D eigenvalue weighted by Gasteiger charge is 2.18. The predicted molar refractivity (Wildman–Crippen MR) is 116 cm³/mol. The van der Waals surface area contributed by atoms with Crippen molar-refractivity contribution in [2.24, 2.45) is 0 Å². The van der Waals surface area contributed by atoms with Crippen LogP contribution in [-0.2, 0) is 6.54 Å². The number of nitrogens with one attached hydrogen (secondary N) is 1. The molecule has 0 saturated heterocycles. The van der Waals surface area contributed by atoms with E-state index in [1.807, 2.05) is 61.7 Å². The average molecular weight is 424 g/mol. The minimum Gasteiger partial charge on any atom is -0.298 e. The number of pyridine rings is 1. The van der Waals surface area contributed by atoms with E-state index in [1.165, 1.54) is 17.5 Å². The van der Waals surface area contributed by atoms with Gasteiger partial charge in [-0.3, -0.25) is 15.1 Å². The summed E-state index contributed by atoms with van der Waals surface area (Å²) in [6.07, 6.45) is 1.47. The molecule has 1 N–H and O–H groups in total. The molecule has 146 valence electrons. The Kier molecular flexibility index (Phi) is 5.42. The second-order valence-corrected chi connectivity index (χ2v) is 7.87. The molecule has 0 radical (unpaired) electrons. The van der Waals surface area contributed by atoms with Crippen LogP contribution in [0.1, 0.15) is 27.2 Å². The van der Waals surface area contributed by atoms with Crippen molar-refractivity contribution in [1.82, 2.24) is 19.7 Å². The molecule has 4 rings (SSSR count). The molecule has 0 fully saturated rings. The molecule has 0 aliphatic heterocycles. The van der Waals surface area contributed by atoms with Gasteiger partial charge in [0, 0.05) is 11.1 Å². The van der Waals surface area contributed by atoms with Gasteiger partial charge in [-0.25, -0.2) is 9.67 Å². The Labute approximate surface area is 177 Å². The third-order valence-corrected chi connectivity index (χ3v) is 5.44. The number of carbonyl (C=O) groups is 1. The fraction of sp³-hybridized carbons (Fsp3) is 0.143. The van der Waals surface area contributed by atoms with Crippen molar-refractivity contribution in [2.75, 3.05) is 5.32 Å². The van der Waals surface area contributed by atoms with Crippen LogP contribution in [0, 0.1) is 13.8 Å². The maximum Gasteiger partial charge on any atom is 0.262 e. The number of hydrogen-bond acceptors (Lipinski definition) is 5. The van der Waals surface area contributed by atoms with Crippen LogP contribution in [0.5, 0.6) is 0 Å². The number of benzene rings is 1. The standard InChI is InChI=1S/C21H18ClN5OS/c1-13-8-14(2)24-17(9-13)18-12-29-21(25-18)26-20(28)16-10-23-27(19(16)22)11-15-6-4-3-5-7-15/h3-10,12H,11H2,1-2H3,(H,25,26,28). The Morgan fingerprint density at radius 3 is 2.69 bits per heavy atom. The van der Waals surface area contributed by atoms with Crippen LogP contribution in [0.4, 0.5) is 5.13 Å². The number of rotatable bonds is 5. The number of hydrogen-bond donors (Lipinski definition) is 1. The van der Waals surface area contributed by atoms with Crippen LogP contribution in [-0.4, -0.2) is 25.7 Å². The van der Waals surface area contributed by atoms with Crippen molar-refractivity contribution in [2.45, 2.75) is 20.4 Å². The van der Waals surface area contributed by atoms with E-state index in [0.29, 0.717) is 22.4 Å². The molecule has 0 saturated carbocycles. The fourth-order valence-electron chi connectivity index (χ4n) is 2.98. The van der Waals surface area contributed by atoms with Crippen molar-refractivity contribution in [3.8, 4) is 11.4 Å². The number of aryl methyl sites for hydroxylation is 2. The Balaban J connectivity index is 1.50. The van der Waals surface area contributed by atoms with E-state index >= 15 is 0 Å². The highest BCUT2D eigenvalue weighted by atomic mass is 35.5. The molecule has 4 aromatic rings. The maximum absolute atomic E-state index is 12.7. The lowest BCUT2D eigenvalue weighted by Crippen LogP contribution is -2.12. The predicted octanol–water partition coefficient (Wildman–Crippen LogP) is 4.97. The summed E-state index contributed by atoms with van der Waals surface area (Å²) in [6, 6.07) is 13.8. The van der Waals surface area contributed by atoms with Crippen molar-refractivity contribution in [3.63, 3.8) is 0 Å². The summed E-state index contributed by atoms with van der Waals surface area (Å²) < 4.78 is 1.60. The van der Waals surface area contributed by atoms with Crippen LogP contribution >= 0.6 is 22.9 Å². The normalized spacial score (nSPS) is 10.9. The van der Waals surface area contributed by atoms with E-state index in [4.69, 9.17) is 11.6 Å². The number of carbonyl (C=O) groups excluding carboxylic acids is 1. The van der Waals surface area contributed by atoms with Gasteiger partial charge in [0.1, 0.15) is 10.8 Å². The number of thiazole rings is 1. The van der Waals surface area contributed by atoms with Gasteiger partial charge >= 0.3 is 0 Å². The first-order valence-electron chi connectivity index (χ1n) is 8.97. The van der Waals surface area contributed by atoms with Crippen LogP contribution in [0.25, 0.3) is 11.4 Å². The van der Waals surface area contributed by atoms with Crippen molar-refractivity contribution < 1.29 is 4.79 Å². The number of anilines is 1. The number of nitrogens with zero attached hydrogens (tertiary/aromatic N) is 4. The zero-order valence-electron chi connectivity index (χ0n) is 15.9. The van der Waals surface area contributed by atoms with E-state index < -0.39 is 0 Å². The van der Waals surface area contributed by atoms with Gasteiger partial charge in [-0.1, -0.05) is 41.9 Å². The molecule has 3 aromatic heterocycles. The molecule has 1 amide bonds. The lowest BCUT2D eigenvalue weighted by atomic mass is 10.2. The molecule has 6 nitrogen and oxygen atoms in total. The third-order valence-electron chi connectivity index (χ3n) is 4.28. The quantitative estimate of drug-likeness (QED) is 0.491. The Bertz CT molecular complexity index is 1150. The molecule has 0 aliphatic rings. The lowest BCUT2D eigenvalue weighted by Gasteiger charge is -2.04. The minimum atomic E-state index is -0.344. The van der Waals surface area contributed by atoms with E-state index in [-0.39, 0.29) is 5.91 Å². The Morgan fingerprint density at radius 2 is 1.93 bits per heavy atom. The summed E-state index contributed by atoms with van der Waals surface area (Å²) in [5.41, 5.74) is 4.91. The molecule has 3 heterocycles. The SMILES string of the molecule is Cc1cc(C)nc(-c2csc(NC(=O)c3cnn(Cc4ccccc4)c3Cl)n2)c1. The molecule has 0 unspecified atom stereocenters. The van der Waals surface area contributed by atoms with Gasteiger partial charge < -0.3 is 0 Å². The van der Waals surface area contributed by atoms with E-state index in [2.05, 4.69) is 20.4 Å². The number of amides is 1. The van der Waals surface area contributed by atoms with Gasteiger partial charge in [-0.15, -0.1) is 11.3 Å². The summed E-state index contributed by atoms with van der Waals surface area (Å²) in [4.78, 5) is 21.7. The van der Waals surface area contributed by atoms with Gasteiger partial charge in [-0.05, 0) is 37.1 Å². The molecular weight excluding hydrogens is 406 g/mol. The molecule has 29 heavy (non-hydrogen) atoms. The zero-order valence-corrected chi connectivity index (χ0v) is 17.5. The summed E-state index contributed by atoms with van der Waals surface area (Å²) in [7, 11) is 0. The van der Waals surface area contributed by atoms with Gasteiger partial charge in [-0.2, -0.15) is 5.10 Å². The third kappa shape index (κ3) is 4.36. The van der Waals surface area contributed by atoms with Crippen molar-refractivity contribution in [1.29, 1.82) is 0 Å². The highest BCUT2D eigenvalue weighted by molar-refractivity contribution is 7.14. The van der Waals surface area contributed by atoms with Crippen molar-refractivity contribution >= 4 is 34.0 Å². The topological polar surface area (TPSA) is 72.7 Å². The fourth-order valence-corrected chi connectivity index (χ4v) is 3.91. The Morgan fingerprint density at radius 1 is 1.14 bits per heavy atom. The summed E-state index contributed by atoms with van der Waals surface area (Å²) in [6.45, 7) is 4.45. The van der Waals surface area contributed by atoms with Crippen LogP contribution in [0.2, 0.25) is 5.15 Å². The zero-order chi connectivity index (χ0) is 20.4. The highest BCUT2D eigenvalue weighted by Crippen LogP contribution is 2.26. The first kappa shape index (κ1) is 19.3. The number of halogens is 1. The second kappa shape index (κ2) is 8.14. The first-order chi connectivity index (χ1) is 14.0. The summed E-state index contributed by atoms with van der Waals surface area (Å²) in [5.74, 6) is -0.344. The molecule has 1 aromatic carbocycles. The summed E-state index contributed by atoms with van der Waals surface area (Å²) in [5, 5.41) is 9.69. The molecular formula is C21H18ClN5OS. The maximum atomic E-state index is 12.7. The first-order valence-corrected chi connectivity index (χ1v) is 10.2. The Hall–Kier alpha value is -3.03. The minimum absolute atomic E-state index is 0.291. The van der Waals surface area contributed by atoms with Crippen molar-refractivity contribution in [3.05, 3.63) is 81.6 Å². The van der Waals surface area contributed by atoms with E-state index in [0.717, 1.165) is 28.2 Å². The molecule has 0 bridgehead atoms. The smallest absolute Gasteiger partial charge is 0.262 e. The monoisotopic (exact) mass is 423 g/mol. The molecule has 0 aliphatic carbocycles. The van der Waals surface area contributed by atoms with E-state index in [9.17, 15) is 4.79 Å². The molecule has 0 atom stereocenters. The molecule has 8 heteroatoms.